The van der Waals surface area contributed by atoms with Gasteiger partial charge in [-0.15, -0.1) is 11.6 Å². The van der Waals surface area contributed by atoms with E-state index in [9.17, 15) is 0 Å². The van der Waals surface area contributed by atoms with Crippen molar-refractivity contribution in [2.45, 2.75) is 25.1 Å². The summed E-state index contributed by atoms with van der Waals surface area (Å²) in [5, 5.41) is 0.237. The van der Waals surface area contributed by atoms with Gasteiger partial charge in [0.05, 0.1) is 0 Å². The van der Waals surface area contributed by atoms with Gasteiger partial charge in [0.25, 0.3) is 0 Å². The summed E-state index contributed by atoms with van der Waals surface area (Å²) in [5.74, 6) is 0. The molecule has 0 heterocycles. The van der Waals surface area contributed by atoms with Crippen LogP contribution < -0.4 is 0 Å². The number of halogens is 1. The van der Waals surface area contributed by atoms with Crippen LogP contribution in [0.4, 0.5) is 0 Å². The van der Waals surface area contributed by atoms with Crippen molar-refractivity contribution in [3.63, 3.8) is 0 Å². The minimum Gasteiger partial charge on any atom is -0.123 e. The molecule has 13 heavy (non-hydrogen) atoms. The third-order valence-electron chi connectivity index (χ3n) is 2.16. The van der Waals surface area contributed by atoms with Gasteiger partial charge < -0.3 is 0 Å². The first-order valence-corrected chi connectivity index (χ1v) is 5.06. The van der Waals surface area contributed by atoms with Crippen LogP contribution in [-0.2, 0) is 6.42 Å². The molecule has 0 amide bonds. The van der Waals surface area contributed by atoms with Crippen molar-refractivity contribution in [3.05, 3.63) is 42.0 Å². The molecule has 1 heteroatoms. The molecule has 0 saturated carbocycles. The SMILES string of the molecule is C=Cc1ccccc1CC(Cl)CC. The average Bonchev–Trinajstić information content (AvgIpc) is 2.18. The van der Waals surface area contributed by atoms with E-state index in [4.69, 9.17) is 11.6 Å². The van der Waals surface area contributed by atoms with Crippen molar-refractivity contribution in [1.29, 1.82) is 0 Å². The van der Waals surface area contributed by atoms with Crippen molar-refractivity contribution < 1.29 is 0 Å². The number of hydrogen-bond acceptors (Lipinski definition) is 0. The van der Waals surface area contributed by atoms with Gasteiger partial charge in [-0.1, -0.05) is 43.8 Å². The zero-order chi connectivity index (χ0) is 9.68. The first-order valence-electron chi connectivity index (χ1n) is 4.62. The van der Waals surface area contributed by atoms with E-state index in [1.807, 2.05) is 18.2 Å². The Morgan fingerprint density at radius 3 is 2.77 bits per heavy atom. The highest BCUT2D eigenvalue weighted by atomic mass is 35.5. The van der Waals surface area contributed by atoms with E-state index >= 15 is 0 Å². The van der Waals surface area contributed by atoms with Gasteiger partial charge in [0, 0.05) is 5.38 Å². The summed E-state index contributed by atoms with van der Waals surface area (Å²) in [5.41, 5.74) is 2.49. The molecule has 1 rings (SSSR count). The van der Waals surface area contributed by atoms with Crippen LogP contribution in [0.25, 0.3) is 6.08 Å². The third kappa shape index (κ3) is 2.89. The van der Waals surface area contributed by atoms with E-state index in [0.717, 1.165) is 12.8 Å². The molecule has 0 aliphatic carbocycles. The van der Waals surface area contributed by atoms with E-state index in [-0.39, 0.29) is 5.38 Å². The Labute approximate surface area is 85.2 Å². The number of alkyl halides is 1. The van der Waals surface area contributed by atoms with Crippen LogP contribution in [0, 0.1) is 0 Å². The Bertz CT molecular complexity index is 278. The fourth-order valence-electron chi connectivity index (χ4n) is 1.30. The maximum absolute atomic E-state index is 6.09. The van der Waals surface area contributed by atoms with Crippen LogP contribution in [-0.4, -0.2) is 5.38 Å². The molecule has 0 N–H and O–H groups in total. The van der Waals surface area contributed by atoms with Gasteiger partial charge in [0.2, 0.25) is 0 Å². The van der Waals surface area contributed by atoms with Crippen LogP contribution in [0.15, 0.2) is 30.8 Å². The lowest BCUT2D eigenvalue weighted by Crippen LogP contribution is -2.02. The molecule has 0 aliphatic rings. The molecule has 70 valence electrons. The second-order valence-electron chi connectivity index (χ2n) is 3.11. The Morgan fingerprint density at radius 2 is 2.15 bits per heavy atom. The quantitative estimate of drug-likeness (QED) is 0.638. The maximum Gasteiger partial charge on any atom is 0.0374 e. The van der Waals surface area contributed by atoms with Crippen LogP contribution in [0.2, 0.25) is 0 Å². The van der Waals surface area contributed by atoms with E-state index in [1.165, 1.54) is 11.1 Å². The topological polar surface area (TPSA) is 0 Å². The predicted molar refractivity (Wildman–Crippen MR) is 60.2 cm³/mol. The summed E-state index contributed by atoms with van der Waals surface area (Å²) in [6, 6.07) is 8.25. The minimum atomic E-state index is 0.237. The second-order valence-corrected chi connectivity index (χ2v) is 3.73. The minimum absolute atomic E-state index is 0.237. The van der Waals surface area contributed by atoms with Gasteiger partial charge in [-0.25, -0.2) is 0 Å². The smallest absolute Gasteiger partial charge is 0.0374 e. The molecule has 1 unspecified atom stereocenters. The number of rotatable bonds is 4. The van der Waals surface area contributed by atoms with Crippen molar-refractivity contribution in [2.24, 2.45) is 0 Å². The van der Waals surface area contributed by atoms with Crippen LogP contribution >= 0.6 is 11.6 Å². The first-order chi connectivity index (χ1) is 6.27. The molecule has 0 aromatic heterocycles. The molecule has 0 fully saturated rings. The van der Waals surface area contributed by atoms with Gasteiger partial charge in [-0.05, 0) is 24.0 Å². The summed E-state index contributed by atoms with van der Waals surface area (Å²) >= 11 is 6.09. The van der Waals surface area contributed by atoms with Gasteiger partial charge in [-0.2, -0.15) is 0 Å². The van der Waals surface area contributed by atoms with Crippen molar-refractivity contribution in [3.8, 4) is 0 Å². The molecule has 1 aromatic carbocycles. The molecular formula is C12H15Cl. The number of benzene rings is 1. The molecule has 1 aromatic rings. The fourth-order valence-corrected chi connectivity index (χ4v) is 1.47. The second kappa shape index (κ2) is 5.08. The number of hydrogen-bond donors (Lipinski definition) is 0. The zero-order valence-electron chi connectivity index (χ0n) is 7.96. The van der Waals surface area contributed by atoms with E-state index in [1.54, 1.807) is 0 Å². The van der Waals surface area contributed by atoms with E-state index in [2.05, 4.69) is 25.6 Å². The Hall–Kier alpha value is -0.750. The van der Waals surface area contributed by atoms with Crippen molar-refractivity contribution >= 4 is 17.7 Å². The molecule has 0 bridgehead atoms. The molecule has 1 atom stereocenters. The van der Waals surface area contributed by atoms with Gasteiger partial charge in [0.1, 0.15) is 0 Å². The van der Waals surface area contributed by atoms with E-state index < -0.39 is 0 Å². The van der Waals surface area contributed by atoms with Gasteiger partial charge >= 0.3 is 0 Å². The normalized spacial score (nSPS) is 12.5. The average molecular weight is 195 g/mol. The highest BCUT2D eigenvalue weighted by Crippen LogP contribution is 2.16. The van der Waals surface area contributed by atoms with Crippen LogP contribution in [0.1, 0.15) is 24.5 Å². The zero-order valence-corrected chi connectivity index (χ0v) is 8.72. The Morgan fingerprint density at radius 1 is 1.46 bits per heavy atom. The molecule has 0 nitrogen and oxygen atoms in total. The standard InChI is InChI=1S/C12H15Cl/c1-3-10-7-5-6-8-11(10)9-12(13)4-2/h3,5-8,12H,1,4,9H2,2H3. The Kier molecular flexibility index (Phi) is 4.04. The molecular weight excluding hydrogens is 180 g/mol. The van der Waals surface area contributed by atoms with Gasteiger partial charge in [0.15, 0.2) is 0 Å². The summed E-state index contributed by atoms with van der Waals surface area (Å²) in [6.07, 6.45) is 3.82. The van der Waals surface area contributed by atoms with Crippen molar-refractivity contribution in [1.82, 2.24) is 0 Å². The van der Waals surface area contributed by atoms with Crippen molar-refractivity contribution in [2.75, 3.05) is 0 Å². The predicted octanol–water partition coefficient (Wildman–Crippen LogP) is 3.89. The molecule has 0 aliphatic heterocycles. The maximum atomic E-state index is 6.09. The largest absolute Gasteiger partial charge is 0.123 e. The highest BCUT2D eigenvalue weighted by molar-refractivity contribution is 6.20. The fraction of sp³-hybridized carbons (Fsp3) is 0.333. The lowest BCUT2D eigenvalue weighted by molar-refractivity contribution is 0.804. The summed E-state index contributed by atoms with van der Waals surface area (Å²) in [4.78, 5) is 0. The van der Waals surface area contributed by atoms with E-state index in [0.29, 0.717) is 0 Å². The lowest BCUT2D eigenvalue weighted by Gasteiger charge is -2.08. The molecule has 0 spiro atoms. The summed E-state index contributed by atoms with van der Waals surface area (Å²) < 4.78 is 0. The monoisotopic (exact) mass is 194 g/mol. The summed E-state index contributed by atoms with van der Waals surface area (Å²) in [7, 11) is 0. The van der Waals surface area contributed by atoms with Gasteiger partial charge in [-0.3, -0.25) is 0 Å². The van der Waals surface area contributed by atoms with Crippen LogP contribution in [0.5, 0.6) is 0 Å². The first kappa shape index (κ1) is 10.3. The van der Waals surface area contributed by atoms with Crippen LogP contribution in [0.3, 0.4) is 0 Å². The molecule has 0 radical (unpaired) electrons. The third-order valence-corrected chi connectivity index (χ3v) is 2.62. The molecule has 0 saturated heterocycles. The Balaban J connectivity index is 2.80. The lowest BCUT2D eigenvalue weighted by atomic mass is 10.0. The summed E-state index contributed by atoms with van der Waals surface area (Å²) in [6.45, 7) is 5.89. The highest BCUT2D eigenvalue weighted by Gasteiger charge is 2.04.